The molecule has 0 atom stereocenters. The number of nitrogens with two attached hydrogens (primary N) is 2. The summed E-state index contributed by atoms with van der Waals surface area (Å²) in [6.07, 6.45) is 2.85. The molecule has 0 aliphatic heterocycles. The predicted molar refractivity (Wildman–Crippen MR) is 112 cm³/mol. The Morgan fingerprint density at radius 1 is 0.846 bits per heavy atom. The van der Waals surface area contributed by atoms with Crippen molar-refractivity contribution in [3.63, 3.8) is 0 Å². The molecule has 6 N–H and O–H groups in total. The van der Waals surface area contributed by atoms with Crippen LogP contribution in [0.3, 0.4) is 0 Å². The fourth-order valence-electron chi connectivity index (χ4n) is 2.29. The molecule has 0 aliphatic rings. The fourth-order valence-corrected chi connectivity index (χ4v) is 2.96. The van der Waals surface area contributed by atoms with E-state index in [1.165, 1.54) is 0 Å². The summed E-state index contributed by atoms with van der Waals surface area (Å²) in [4.78, 5) is 0. The van der Waals surface area contributed by atoms with Gasteiger partial charge >= 0.3 is 0 Å². The zero-order valence-corrected chi connectivity index (χ0v) is 16.6. The molecule has 6 nitrogen and oxygen atoms in total. The third kappa shape index (κ3) is 6.21. The van der Waals surface area contributed by atoms with Crippen LogP contribution < -0.4 is 20.9 Å². The number of halogens is 1. The Bertz CT molecular complexity index is 780. The zero-order valence-electron chi connectivity index (χ0n) is 14.4. The van der Waals surface area contributed by atoms with Crippen molar-refractivity contribution in [2.75, 3.05) is 13.2 Å². The minimum absolute atomic E-state index is 0.0403. The van der Waals surface area contributed by atoms with E-state index in [1.807, 2.05) is 24.3 Å². The third-order valence-corrected chi connectivity index (χ3v) is 4.55. The second kappa shape index (κ2) is 10.0. The second-order valence-corrected chi connectivity index (χ2v) is 6.92. The summed E-state index contributed by atoms with van der Waals surface area (Å²) in [7, 11) is 0. The first kappa shape index (κ1) is 20.0. The minimum Gasteiger partial charge on any atom is -0.494 e. The van der Waals surface area contributed by atoms with Crippen molar-refractivity contribution >= 4 is 34.3 Å². The summed E-state index contributed by atoms with van der Waals surface area (Å²) < 4.78 is 12.4. The van der Waals surface area contributed by atoms with Crippen molar-refractivity contribution in [3.05, 3.63) is 57.2 Å². The number of amidine groups is 2. The topological polar surface area (TPSA) is 118 Å². The number of hydrogen-bond acceptors (Lipinski definition) is 4. The zero-order chi connectivity index (χ0) is 18.9. The Morgan fingerprint density at radius 2 is 1.50 bits per heavy atom. The quantitative estimate of drug-likeness (QED) is 0.186. The fraction of sp³-hybridized carbons (Fsp3) is 0.263. The van der Waals surface area contributed by atoms with Crippen molar-refractivity contribution in [1.29, 1.82) is 10.8 Å². The van der Waals surface area contributed by atoms with Gasteiger partial charge in [0.25, 0.3) is 0 Å². The van der Waals surface area contributed by atoms with E-state index in [1.54, 1.807) is 18.2 Å². The van der Waals surface area contributed by atoms with Crippen LogP contribution >= 0.6 is 22.6 Å². The third-order valence-electron chi connectivity index (χ3n) is 3.70. The lowest BCUT2D eigenvalue weighted by molar-refractivity contribution is 0.278. The molecular weight excluding hydrogens is 443 g/mol. The Morgan fingerprint density at radius 3 is 2.15 bits per heavy atom. The molecule has 2 aromatic carbocycles. The molecule has 7 heteroatoms. The molecular formula is C19H23IN4O2. The normalized spacial score (nSPS) is 10.3. The molecule has 0 saturated heterocycles. The molecule has 2 rings (SSSR count). The Kier molecular flexibility index (Phi) is 7.71. The van der Waals surface area contributed by atoms with Crippen LogP contribution in [0.2, 0.25) is 0 Å². The minimum atomic E-state index is 0.0403. The van der Waals surface area contributed by atoms with E-state index in [2.05, 4.69) is 22.6 Å². The van der Waals surface area contributed by atoms with Gasteiger partial charge in [-0.1, -0.05) is 12.1 Å². The van der Waals surface area contributed by atoms with E-state index in [0.29, 0.717) is 24.3 Å². The summed E-state index contributed by atoms with van der Waals surface area (Å²) in [5, 5.41) is 14.9. The highest BCUT2D eigenvalue weighted by Gasteiger charge is 2.04. The van der Waals surface area contributed by atoms with Crippen molar-refractivity contribution < 1.29 is 9.47 Å². The molecule has 2 aromatic rings. The van der Waals surface area contributed by atoms with Crippen LogP contribution in [0, 0.1) is 14.4 Å². The molecule has 0 radical (unpaired) electrons. The van der Waals surface area contributed by atoms with Gasteiger partial charge in [0.05, 0.1) is 16.8 Å². The number of nitrogens with one attached hydrogen (secondary N) is 2. The van der Waals surface area contributed by atoms with Crippen LogP contribution in [0.25, 0.3) is 0 Å². The lowest BCUT2D eigenvalue weighted by Crippen LogP contribution is -2.11. The van der Waals surface area contributed by atoms with Crippen LogP contribution in [-0.2, 0) is 0 Å². The summed E-state index contributed by atoms with van der Waals surface area (Å²) in [6, 6.07) is 12.8. The van der Waals surface area contributed by atoms with Crippen LogP contribution in [0.1, 0.15) is 30.4 Å². The Labute approximate surface area is 167 Å². The van der Waals surface area contributed by atoms with Gasteiger partial charge < -0.3 is 20.9 Å². The maximum absolute atomic E-state index is 7.43. The largest absolute Gasteiger partial charge is 0.494 e. The molecule has 0 fully saturated rings. The smallest absolute Gasteiger partial charge is 0.132 e. The Balaban J connectivity index is 1.65. The number of ether oxygens (including phenoxy) is 2. The van der Waals surface area contributed by atoms with Crippen LogP contribution in [-0.4, -0.2) is 24.9 Å². The molecule has 26 heavy (non-hydrogen) atoms. The van der Waals surface area contributed by atoms with E-state index >= 15 is 0 Å². The van der Waals surface area contributed by atoms with Gasteiger partial charge in [-0.2, -0.15) is 0 Å². The lowest BCUT2D eigenvalue weighted by atomic mass is 10.2. The number of rotatable bonds is 10. The van der Waals surface area contributed by atoms with Crippen LogP contribution in [0.5, 0.6) is 11.5 Å². The average molecular weight is 466 g/mol. The number of benzene rings is 2. The van der Waals surface area contributed by atoms with Crippen LogP contribution in [0.15, 0.2) is 42.5 Å². The van der Waals surface area contributed by atoms with E-state index in [-0.39, 0.29) is 11.7 Å². The summed E-state index contributed by atoms with van der Waals surface area (Å²) >= 11 is 2.19. The van der Waals surface area contributed by atoms with Gasteiger partial charge in [0, 0.05) is 11.1 Å². The molecule has 0 bridgehead atoms. The van der Waals surface area contributed by atoms with Gasteiger partial charge in [-0.25, -0.2) is 0 Å². The second-order valence-electron chi connectivity index (χ2n) is 5.76. The van der Waals surface area contributed by atoms with Gasteiger partial charge in [-0.3, -0.25) is 10.8 Å². The standard InChI is InChI=1S/C19H23IN4O2/c20-16-12-14(19(23)24)7-8-17(16)26-10-3-1-2-9-25-15-6-4-5-13(11-15)18(21)22/h4-8,11-12H,1-3,9-10H2,(H3,21,22)(H3,23,24). The summed E-state index contributed by atoms with van der Waals surface area (Å²) in [5.74, 6) is 1.64. The highest BCUT2D eigenvalue weighted by molar-refractivity contribution is 14.1. The molecule has 0 amide bonds. The molecule has 0 spiro atoms. The van der Waals surface area contributed by atoms with Crippen molar-refractivity contribution in [2.24, 2.45) is 11.5 Å². The van der Waals surface area contributed by atoms with Crippen molar-refractivity contribution in [1.82, 2.24) is 0 Å². The summed E-state index contributed by atoms with van der Waals surface area (Å²) in [6.45, 7) is 1.25. The van der Waals surface area contributed by atoms with Gasteiger partial charge in [0.1, 0.15) is 23.2 Å². The maximum Gasteiger partial charge on any atom is 0.132 e. The molecule has 0 unspecified atom stereocenters. The molecule has 138 valence electrons. The number of unbranched alkanes of at least 4 members (excludes halogenated alkanes) is 2. The van der Waals surface area contributed by atoms with Crippen molar-refractivity contribution in [2.45, 2.75) is 19.3 Å². The van der Waals surface area contributed by atoms with Crippen LogP contribution in [0.4, 0.5) is 0 Å². The van der Waals surface area contributed by atoms with Gasteiger partial charge in [0.15, 0.2) is 0 Å². The number of nitrogen functional groups attached to an aromatic ring is 2. The first-order valence-corrected chi connectivity index (χ1v) is 9.39. The molecule has 0 aromatic heterocycles. The monoisotopic (exact) mass is 466 g/mol. The highest BCUT2D eigenvalue weighted by Crippen LogP contribution is 2.22. The van der Waals surface area contributed by atoms with Gasteiger partial charge in [0.2, 0.25) is 0 Å². The molecule has 0 heterocycles. The van der Waals surface area contributed by atoms with E-state index in [9.17, 15) is 0 Å². The highest BCUT2D eigenvalue weighted by atomic mass is 127. The van der Waals surface area contributed by atoms with Gasteiger partial charge in [-0.15, -0.1) is 0 Å². The van der Waals surface area contributed by atoms with E-state index < -0.39 is 0 Å². The van der Waals surface area contributed by atoms with E-state index in [4.69, 9.17) is 31.8 Å². The SMILES string of the molecule is N=C(N)c1cccc(OCCCCCOc2ccc(C(=N)N)cc2I)c1. The average Bonchev–Trinajstić information content (AvgIpc) is 2.62. The number of hydrogen-bond donors (Lipinski definition) is 4. The summed E-state index contributed by atoms with van der Waals surface area (Å²) in [5.41, 5.74) is 12.3. The first-order valence-electron chi connectivity index (χ1n) is 8.31. The van der Waals surface area contributed by atoms with E-state index in [0.717, 1.165) is 34.3 Å². The van der Waals surface area contributed by atoms with Crippen molar-refractivity contribution in [3.8, 4) is 11.5 Å². The Hall–Kier alpha value is -2.29. The predicted octanol–water partition coefficient (Wildman–Crippen LogP) is 3.49. The van der Waals surface area contributed by atoms with Gasteiger partial charge in [-0.05, 0) is 72.2 Å². The first-order chi connectivity index (χ1) is 12.5. The molecule has 0 aliphatic carbocycles. The molecule has 0 saturated carbocycles. The maximum atomic E-state index is 7.43. The lowest BCUT2D eigenvalue weighted by Gasteiger charge is -2.10.